The Hall–Kier alpha value is -0.650. The number of nitrogens with one attached hydrogen (secondary N) is 1. The van der Waals surface area contributed by atoms with Gasteiger partial charge in [-0.05, 0) is 6.42 Å². The standard InChI is InChI=1S/C4H7NO.C4H10O3/c6-4-2-1-3-5-4;5-1-3-7-4-2-6/h1-3H2,(H,5,6);5-6H,1-4H2. The molecule has 1 heterocycles. The van der Waals surface area contributed by atoms with Crippen LogP contribution in [0.4, 0.5) is 0 Å². The number of rotatable bonds is 4. The molecule has 0 aromatic carbocycles. The van der Waals surface area contributed by atoms with E-state index in [9.17, 15) is 4.79 Å². The van der Waals surface area contributed by atoms with E-state index in [1.807, 2.05) is 0 Å². The van der Waals surface area contributed by atoms with Gasteiger partial charge in [-0.3, -0.25) is 4.79 Å². The van der Waals surface area contributed by atoms with E-state index >= 15 is 0 Å². The summed E-state index contributed by atoms with van der Waals surface area (Å²) in [6, 6.07) is 0. The number of carbonyl (C=O) groups excluding carboxylic acids is 1. The van der Waals surface area contributed by atoms with Gasteiger partial charge in [0.1, 0.15) is 0 Å². The van der Waals surface area contributed by atoms with Crippen molar-refractivity contribution in [3.8, 4) is 0 Å². The highest BCUT2D eigenvalue weighted by atomic mass is 16.5. The van der Waals surface area contributed by atoms with Crippen LogP contribution in [-0.4, -0.2) is 49.1 Å². The maximum absolute atomic E-state index is 10.1. The molecule has 0 bridgehead atoms. The van der Waals surface area contributed by atoms with Crippen LogP contribution in [0.15, 0.2) is 0 Å². The molecule has 1 aliphatic heterocycles. The summed E-state index contributed by atoms with van der Waals surface area (Å²) in [4.78, 5) is 10.1. The Kier molecular flexibility index (Phi) is 8.97. The Bertz CT molecular complexity index is 117. The van der Waals surface area contributed by atoms with Gasteiger partial charge in [-0.2, -0.15) is 0 Å². The van der Waals surface area contributed by atoms with Crippen LogP contribution in [-0.2, 0) is 9.53 Å². The first-order valence-electron chi connectivity index (χ1n) is 4.37. The molecule has 1 rings (SSSR count). The van der Waals surface area contributed by atoms with Crippen molar-refractivity contribution >= 4 is 5.91 Å². The van der Waals surface area contributed by atoms with Gasteiger partial charge in [-0.1, -0.05) is 0 Å². The SMILES string of the molecule is O=C1CCCN1.OCCOCCO. The highest BCUT2D eigenvalue weighted by Crippen LogP contribution is 1.93. The molecular weight excluding hydrogens is 174 g/mol. The van der Waals surface area contributed by atoms with Crippen molar-refractivity contribution in [3.05, 3.63) is 0 Å². The second-order valence-corrected chi connectivity index (χ2v) is 2.51. The molecule has 1 saturated heterocycles. The lowest BCUT2D eigenvalue weighted by molar-refractivity contribution is -0.119. The first-order chi connectivity index (χ1) is 6.31. The highest BCUT2D eigenvalue weighted by molar-refractivity contribution is 5.77. The first kappa shape index (κ1) is 12.3. The molecule has 0 unspecified atom stereocenters. The molecule has 1 aliphatic rings. The number of carbonyl (C=O) groups is 1. The average molecular weight is 191 g/mol. The summed E-state index contributed by atoms with van der Waals surface area (Å²) in [5.74, 6) is 0.204. The largest absolute Gasteiger partial charge is 0.394 e. The first-order valence-corrected chi connectivity index (χ1v) is 4.37. The fourth-order valence-corrected chi connectivity index (χ4v) is 0.796. The van der Waals surface area contributed by atoms with E-state index in [1.54, 1.807) is 0 Å². The van der Waals surface area contributed by atoms with Crippen molar-refractivity contribution in [1.82, 2.24) is 5.32 Å². The molecule has 0 radical (unpaired) electrons. The number of aliphatic hydroxyl groups is 2. The van der Waals surface area contributed by atoms with E-state index in [0.717, 1.165) is 19.4 Å². The molecule has 0 aromatic heterocycles. The maximum atomic E-state index is 10.1. The minimum atomic E-state index is 0.0278. The third-order valence-electron chi connectivity index (χ3n) is 1.37. The van der Waals surface area contributed by atoms with Crippen LogP contribution in [0, 0.1) is 0 Å². The zero-order valence-corrected chi connectivity index (χ0v) is 7.66. The van der Waals surface area contributed by atoms with Crippen molar-refractivity contribution in [2.75, 3.05) is 33.0 Å². The minimum Gasteiger partial charge on any atom is -0.394 e. The van der Waals surface area contributed by atoms with Crippen LogP contribution in [0.2, 0.25) is 0 Å². The lowest BCUT2D eigenvalue weighted by atomic mass is 10.4. The highest BCUT2D eigenvalue weighted by Gasteiger charge is 2.05. The van der Waals surface area contributed by atoms with Gasteiger partial charge in [0.05, 0.1) is 26.4 Å². The van der Waals surface area contributed by atoms with Crippen LogP contribution in [0.3, 0.4) is 0 Å². The summed E-state index contributed by atoms with van der Waals surface area (Å²) >= 11 is 0. The topological polar surface area (TPSA) is 78.8 Å². The summed E-state index contributed by atoms with van der Waals surface area (Å²) in [5, 5.41) is 18.9. The lowest BCUT2D eigenvalue weighted by Gasteiger charge is -1.94. The molecule has 13 heavy (non-hydrogen) atoms. The molecular formula is C8H17NO4. The van der Waals surface area contributed by atoms with Crippen molar-refractivity contribution in [1.29, 1.82) is 0 Å². The quantitative estimate of drug-likeness (QED) is 0.492. The third-order valence-corrected chi connectivity index (χ3v) is 1.37. The summed E-state index contributed by atoms with van der Waals surface area (Å²) in [6.07, 6.45) is 1.76. The molecule has 3 N–H and O–H groups in total. The van der Waals surface area contributed by atoms with Crippen LogP contribution < -0.4 is 5.32 Å². The summed E-state index contributed by atoms with van der Waals surface area (Å²) in [5.41, 5.74) is 0. The van der Waals surface area contributed by atoms with Crippen LogP contribution in [0.25, 0.3) is 0 Å². The third kappa shape index (κ3) is 9.26. The molecule has 0 aliphatic carbocycles. The van der Waals surface area contributed by atoms with Crippen LogP contribution >= 0.6 is 0 Å². The predicted molar refractivity (Wildman–Crippen MR) is 47.2 cm³/mol. The number of hydrogen-bond acceptors (Lipinski definition) is 4. The number of hydrogen-bond donors (Lipinski definition) is 3. The van der Waals surface area contributed by atoms with Gasteiger partial charge in [0.2, 0.25) is 5.91 Å². The van der Waals surface area contributed by atoms with E-state index in [1.165, 1.54) is 0 Å². The van der Waals surface area contributed by atoms with Gasteiger partial charge in [0.25, 0.3) is 0 Å². The molecule has 0 saturated carbocycles. The Morgan fingerprint density at radius 2 is 1.92 bits per heavy atom. The van der Waals surface area contributed by atoms with E-state index in [4.69, 9.17) is 10.2 Å². The molecule has 5 heteroatoms. The predicted octanol–water partition coefficient (Wildman–Crippen LogP) is -1.12. The Labute approximate surface area is 77.7 Å². The van der Waals surface area contributed by atoms with Gasteiger partial charge in [0.15, 0.2) is 0 Å². The Morgan fingerprint density at radius 3 is 2.15 bits per heavy atom. The maximum Gasteiger partial charge on any atom is 0.220 e. The Balaban J connectivity index is 0.000000223. The van der Waals surface area contributed by atoms with E-state index in [-0.39, 0.29) is 19.1 Å². The molecule has 5 nitrogen and oxygen atoms in total. The zero-order chi connectivity index (χ0) is 9.94. The van der Waals surface area contributed by atoms with Gasteiger partial charge in [-0.25, -0.2) is 0 Å². The van der Waals surface area contributed by atoms with Crippen molar-refractivity contribution in [2.24, 2.45) is 0 Å². The van der Waals surface area contributed by atoms with Crippen LogP contribution in [0.5, 0.6) is 0 Å². The van der Waals surface area contributed by atoms with Gasteiger partial charge >= 0.3 is 0 Å². The van der Waals surface area contributed by atoms with Gasteiger partial charge < -0.3 is 20.3 Å². The smallest absolute Gasteiger partial charge is 0.220 e. The Morgan fingerprint density at radius 1 is 1.31 bits per heavy atom. The van der Waals surface area contributed by atoms with E-state index in [0.29, 0.717) is 13.2 Å². The molecule has 1 amide bonds. The monoisotopic (exact) mass is 191 g/mol. The van der Waals surface area contributed by atoms with E-state index in [2.05, 4.69) is 10.1 Å². The summed E-state index contributed by atoms with van der Waals surface area (Å²) in [6.45, 7) is 1.58. The molecule has 0 atom stereocenters. The van der Waals surface area contributed by atoms with Gasteiger partial charge in [-0.15, -0.1) is 0 Å². The zero-order valence-electron chi connectivity index (χ0n) is 7.66. The molecule has 78 valence electrons. The number of ether oxygens (including phenoxy) is 1. The van der Waals surface area contributed by atoms with Gasteiger partial charge in [0, 0.05) is 13.0 Å². The number of aliphatic hydroxyl groups excluding tert-OH is 2. The van der Waals surface area contributed by atoms with Crippen molar-refractivity contribution < 1.29 is 19.7 Å². The molecule has 0 aromatic rings. The van der Waals surface area contributed by atoms with E-state index < -0.39 is 0 Å². The molecule has 1 fully saturated rings. The fourth-order valence-electron chi connectivity index (χ4n) is 0.796. The van der Waals surface area contributed by atoms with Crippen molar-refractivity contribution in [3.63, 3.8) is 0 Å². The van der Waals surface area contributed by atoms with Crippen LogP contribution in [0.1, 0.15) is 12.8 Å². The summed E-state index contributed by atoms with van der Waals surface area (Å²) < 4.78 is 4.63. The second-order valence-electron chi connectivity index (χ2n) is 2.51. The number of amides is 1. The average Bonchev–Trinajstić information content (AvgIpc) is 2.58. The lowest BCUT2D eigenvalue weighted by Crippen LogP contribution is -2.12. The normalized spacial score (nSPS) is 14.8. The molecule has 0 spiro atoms. The van der Waals surface area contributed by atoms with Crippen molar-refractivity contribution in [2.45, 2.75) is 12.8 Å². The fraction of sp³-hybridized carbons (Fsp3) is 0.875. The second kappa shape index (κ2) is 9.44. The summed E-state index contributed by atoms with van der Waals surface area (Å²) in [7, 11) is 0. The minimum absolute atomic E-state index is 0.0278.